The summed E-state index contributed by atoms with van der Waals surface area (Å²) in [4.78, 5) is 0. The number of nitrogens with one attached hydrogen (secondary N) is 1. The first-order valence-corrected chi connectivity index (χ1v) is 7.82. The van der Waals surface area contributed by atoms with Crippen molar-refractivity contribution in [2.45, 2.75) is 58.1 Å². The standard InChI is InChI=1S/C18H29NO/c1-13-8-9-16(15(3)11-13)17(19-4)18(20-5)10-6-7-14(2)12-18/h8-9,11,14,17,19H,6-7,10,12H2,1-5H3. The molecular formula is C18H29NO. The highest BCUT2D eigenvalue weighted by atomic mass is 16.5. The molecule has 2 heteroatoms. The fourth-order valence-electron chi connectivity index (χ4n) is 3.96. The Morgan fingerprint density at radius 2 is 2.10 bits per heavy atom. The van der Waals surface area contributed by atoms with Crippen LogP contribution in [0.2, 0.25) is 0 Å². The summed E-state index contributed by atoms with van der Waals surface area (Å²) in [5, 5.41) is 3.54. The van der Waals surface area contributed by atoms with Crippen molar-refractivity contribution in [3.05, 3.63) is 34.9 Å². The van der Waals surface area contributed by atoms with E-state index in [0.29, 0.717) is 0 Å². The average molecular weight is 275 g/mol. The maximum Gasteiger partial charge on any atom is 0.0875 e. The van der Waals surface area contributed by atoms with Crippen molar-refractivity contribution in [3.63, 3.8) is 0 Å². The summed E-state index contributed by atoms with van der Waals surface area (Å²) in [6.07, 6.45) is 4.88. The van der Waals surface area contributed by atoms with E-state index in [2.05, 4.69) is 51.3 Å². The van der Waals surface area contributed by atoms with Gasteiger partial charge in [0.25, 0.3) is 0 Å². The lowest BCUT2D eigenvalue weighted by Gasteiger charge is -2.45. The van der Waals surface area contributed by atoms with Gasteiger partial charge in [-0.05, 0) is 50.8 Å². The first kappa shape index (κ1) is 15.5. The molecule has 3 unspecified atom stereocenters. The number of ether oxygens (including phenoxy) is 1. The molecule has 0 amide bonds. The number of likely N-dealkylation sites (N-methyl/N-ethyl adjacent to an activating group) is 1. The number of benzene rings is 1. The van der Waals surface area contributed by atoms with E-state index < -0.39 is 0 Å². The van der Waals surface area contributed by atoms with Crippen LogP contribution in [0.15, 0.2) is 18.2 Å². The van der Waals surface area contributed by atoms with Crippen molar-refractivity contribution in [2.75, 3.05) is 14.2 Å². The van der Waals surface area contributed by atoms with E-state index in [9.17, 15) is 0 Å². The minimum Gasteiger partial charge on any atom is -0.376 e. The predicted molar refractivity (Wildman–Crippen MR) is 85.1 cm³/mol. The van der Waals surface area contributed by atoms with Gasteiger partial charge in [0.2, 0.25) is 0 Å². The molecule has 0 bridgehead atoms. The van der Waals surface area contributed by atoms with E-state index in [4.69, 9.17) is 4.74 Å². The Morgan fingerprint density at radius 3 is 2.65 bits per heavy atom. The molecule has 3 atom stereocenters. The lowest BCUT2D eigenvalue weighted by atomic mass is 9.72. The van der Waals surface area contributed by atoms with Gasteiger partial charge in [-0.15, -0.1) is 0 Å². The largest absolute Gasteiger partial charge is 0.376 e. The summed E-state index contributed by atoms with van der Waals surface area (Å²) in [5.74, 6) is 0.741. The van der Waals surface area contributed by atoms with Gasteiger partial charge < -0.3 is 10.1 Å². The Bertz CT molecular complexity index is 457. The zero-order valence-corrected chi connectivity index (χ0v) is 13.6. The zero-order chi connectivity index (χ0) is 14.8. The SMILES string of the molecule is CNC(c1ccc(C)cc1C)C1(OC)CCCC(C)C1. The Morgan fingerprint density at radius 1 is 1.35 bits per heavy atom. The van der Waals surface area contributed by atoms with Crippen molar-refractivity contribution in [3.8, 4) is 0 Å². The highest BCUT2D eigenvalue weighted by Crippen LogP contribution is 2.43. The summed E-state index contributed by atoms with van der Waals surface area (Å²) in [5.41, 5.74) is 4.00. The summed E-state index contributed by atoms with van der Waals surface area (Å²) < 4.78 is 6.08. The topological polar surface area (TPSA) is 21.3 Å². The molecule has 0 aromatic heterocycles. The van der Waals surface area contributed by atoms with Gasteiger partial charge in [0.05, 0.1) is 11.6 Å². The summed E-state index contributed by atoms with van der Waals surface area (Å²) in [6.45, 7) is 6.71. The summed E-state index contributed by atoms with van der Waals surface area (Å²) in [6, 6.07) is 7.03. The molecule has 1 saturated carbocycles. The molecule has 0 spiro atoms. The normalized spacial score (nSPS) is 28.4. The van der Waals surface area contributed by atoms with E-state index in [1.165, 1.54) is 29.5 Å². The number of rotatable bonds is 4. The van der Waals surface area contributed by atoms with Crippen molar-refractivity contribution >= 4 is 0 Å². The number of methoxy groups -OCH3 is 1. The molecule has 0 saturated heterocycles. The van der Waals surface area contributed by atoms with Crippen LogP contribution in [0.3, 0.4) is 0 Å². The van der Waals surface area contributed by atoms with E-state index in [-0.39, 0.29) is 11.6 Å². The molecule has 1 aromatic rings. The molecule has 1 aliphatic carbocycles. The highest BCUT2D eigenvalue weighted by molar-refractivity contribution is 5.34. The molecule has 1 N–H and O–H groups in total. The Kier molecular flexibility index (Phi) is 4.87. The third-order valence-electron chi connectivity index (χ3n) is 4.95. The Hall–Kier alpha value is -0.860. The van der Waals surface area contributed by atoms with Gasteiger partial charge in [0, 0.05) is 7.11 Å². The second-order valence-electron chi connectivity index (χ2n) is 6.55. The molecule has 0 radical (unpaired) electrons. The number of hydrogen-bond donors (Lipinski definition) is 1. The first-order valence-electron chi connectivity index (χ1n) is 7.82. The molecule has 1 aromatic carbocycles. The lowest BCUT2D eigenvalue weighted by molar-refractivity contribution is -0.0791. The van der Waals surface area contributed by atoms with Crippen LogP contribution in [0, 0.1) is 19.8 Å². The molecule has 0 heterocycles. The third-order valence-corrected chi connectivity index (χ3v) is 4.95. The van der Waals surface area contributed by atoms with Crippen LogP contribution in [-0.2, 0) is 4.74 Å². The van der Waals surface area contributed by atoms with Crippen molar-refractivity contribution in [2.24, 2.45) is 5.92 Å². The minimum atomic E-state index is -0.0631. The fraction of sp³-hybridized carbons (Fsp3) is 0.667. The Balaban J connectivity index is 2.38. The van der Waals surface area contributed by atoms with Crippen LogP contribution in [0.1, 0.15) is 55.3 Å². The van der Waals surface area contributed by atoms with Gasteiger partial charge in [-0.25, -0.2) is 0 Å². The second kappa shape index (κ2) is 6.28. The van der Waals surface area contributed by atoms with E-state index >= 15 is 0 Å². The van der Waals surface area contributed by atoms with Crippen molar-refractivity contribution in [1.82, 2.24) is 5.32 Å². The quantitative estimate of drug-likeness (QED) is 0.891. The Labute approximate surface area is 123 Å². The van der Waals surface area contributed by atoms with Crippen LogP contribution >= 0.6 is 0 Å². The maximum atomic E-state index is 6.08. The summed E-state index contributed by atoms with van der Waals surface area (Å²) >= 11 is 0. The monoisotopic (exact) mass is 275 g/mol. The van der Waals surface area contributed by atoms with E-state index in [1.807, 2.05) is 7.11 Å². The predicted octanol–water partition coefficient (Wildman–Crippen LogP) is 4.16. The number of aryl methyl sites for hydroxylation is 2. The smallest absolute Gasteiger partial charge is 0.0875 e. The van der Waals surface area contributed by atoms with Crippen molar-refractivity contribution in [1.29, 1.82) is 0 Å². The molecular weight excluding hydrogens is 246 g/mol. The van der Waals surface area contributed by atoms with Gasteiger partial charge >= 0.3 is 0 Å². The molecule has 2 nitrogen and oxygen atoms in total. The highest BCUT2D eigenvalue weighted by Gasteiger charge is 2.42. The fourth-order valence-corrected chi connectivity index (χ4v) is 3.96. The van der Waals surface area contributed by atoms with Crippen molar-refractivity contribution < 1.29 is 4.74 Å². The first-order chi connectivity index (χ1) is 9.52. The van der Waals surface area contributed by atoms with Crippen LogP contribution < -0.4 is 5.32 Å². The lowest BCUT2D eigenvalue weighted by Crippen LogP contribution is -2.47. The molecule has 20 heavy (non-hydrogen) atoms. The minimum absolute atomic E-state index is 0.0631. The molecule has 112 valence electrons. The van der Waals surface area contributed by atoms with Gasteiger partial charge in [-0.2, -0.15) is 0 Å². The molecule has 1 fully saturated rings. The summed E-state index contributed by atoms with van der Waals surface area (Å²) in [7, 11) is 3.94. The molecule has 0 aliphatic heterocycles. The second-order valence-corrected chi connectivity index (χ2v) is 6.55. The van der Waals surface area contributed by atoms with Crippen LogP contribution in [-0.4, -0.2) is 19.8 Å². The van der Waals surface area contributed by atoms with Gasteiger partial charge in [-0.3, -0.25) is 0 Å². The van der Waals surface area contributed by atoms with Gasteiger partial charge in [0.15, 0.2) is 0 Å². The van der Waals surface area contributed by atoms with Crippen LogP contribution in [0.25, 0.3) is 0 Å². The average Bonchev–Trinajstić information content (AvgIpc) is 2.42. The van der Waals surface area contributed by atoms with E-state index in [0.717, 1.165) is 18.8 Å². The van der Waals surface area contributed by atoms with E-state index in [1.54, 1.807) is 0 Å². The van der Waals surface area contributed by atoms with Gasteiger partial charge in [0.1, 0.15) is 0 Å². The third kappa shape index (κ3) is 2.91. The molecule has 1 aliphatic rings. The zero-order valence-electron chi connectivity index (χ0n) is 13.6. The molecule has 2 rings (SSSR count). The van der Waals surface area contributed by atoms with Crippen LogP contribution in [0.5, 0.6) is 0 Å². The van der Waals surface area contributed by atoms with Crippen LogP contribution in [0.4, 0.5) is 0 Å². The van der Waals surface area contributed by atoms with Gasteiger partial charge in [-0.1, -0.05) is 43.5 Å². The number of hydrogen-bond acceptors (Lipinski definition) is 2. The maximum absolute atomic E-state index is 6.08.